The molecule has 0 spiro atoms. The number of fused-ring (bicyclic) bond motifs is 1. The van der Waals surface area contributed by atoms with E-state index in [9.17, 15) is 14.0 Å². The molecular weight excluding hydrogens is 315 g/mol. The maximum Gasteiger partial charge on any atom is 0.356 e. The Hall–Kier alpha value is -2.67. The zero-order chi connectivity index (χ0) is 15.7. The van der Waals surface area contributed by atoms with Gasteiger partial charge in [-0.05, 0) is 11.6 Å². The summed E-state index contributed by atoms with van der Waals surface area (Å²) in [5.41, 5.74) is 0.614. The van der Waals surface area contributed by atoms with Crippen LogP contribution in [0.25, 0.3) is 0 Å². The number of imidazole rings is 1. The molecule has 22 heavy (non-hydrogen) atoms. The summed E-state index contributed by atoms with van der Waals surface area (Å²) in [6.45, 7) is 0. The molecule has 1 aromatic heterocycles. The van der Waals surface area contributed by atoms with E-state index in [0.717, 1.165) is 16.9 Å². The number of aromatic nitrogens is 2. The zero-order valence-electron chi connectivity index (χ0n) is 11.0. The highest BCUT2D eigenvalue weighted by molar-refractivity contribution is 6.30. The molecule has 2 aromatic rings. The highest BCUT2D eigenvalue weighted by Crippen LogP contribution is 2.22. The SMILES string of the molecule is O=C1/C=C/C(=O)On2c(Cc3cccc(Cl)c3F)cnc2O1. The van der Waals surface area contributed by atoms with Crippen LogP contribution < -0.4 is 9.57 Å². The smallest absolute Gasteiger partial charge is 0.356 e. The molecule has 0 N–H and O–H groups in total. The van der Waals surface area contributed by atoms with Crippen LogP contribution in [0.3, 0.4) is 0 Å². The fourth-order valence-electron chi connectivity index (χ4n) is 1.90. The fraction of sp³-hybridized carbons (Fsp3) is 0.0714. The summed E-state index contributed by atoms with van der Waals surface area (Å²) in [6, 6.07) is 4.35. The molecule has 0 aliphatic carbocycles. The van der Waals surface area contributed by atoms with Crippen molar-refractivity contribution in [3.63, 3.8) is 0 Å². The van der Waals surface area contributed by atoms with E-state index in [-0.39, 0.29) is 23.0 Å². The van der Waals surface area contributed by atoms with Gasteiger partial charge < -0.3 is 9.57 Å². The van der Waals surface area contributed by atoms with E-state index < -0.39 is 17.8 Å². The molecule has 0 amide bonds. The fourth-order valence-corrected chi connectivity index (χ4v) is 2.10. The second-order valence-corrected chi connectivity index (χ2v) is 4.79. The van der Waals surface area contributed by atoms with E-state index in [0.29, 0.717) is 5.69 Å². The Morgan fingerprint density at radius 3 is 2.82 bits per heavy atom. The van der Waals surface area contributed by atoms with Crippen molar-refractivity contribution in [1.82, 2.24) is 9.71 Å². The quantitative estimate of drug-likeness (QED) is 0.787. The van der Waals surface area contributed by atoms with Gasteiger partial charge in [-0.3, -0.25) is 0 Å². The lowest BCUT2D eigenvalue weighted by Gasteiger charge is -2.11. The van der Waals surface area contributed by atoms with Crippen LogP contribution >= 0.6 is 11.6 Å². The van der Waals surface area contributed by atoms with Crippen molar-refractivity contribution in [2.45, 2.75) is 6.42 Å². The number of nitrogens with zero attached hydrogens (tertiary/aromatic N) is 2. The van der Waals surface area contributed by atoms with Gasteiger partial charge in [-0.15, -0.1) is 4.73 Å². The number of hydrogen-bond acceptors (Lipinski definition) is 5. The molecule has 0 fully saturated rings. The van der Waals surface area contributed by atoms with Crippen molar-refractivity contribution in [2.24, 2.45) is 0 Å². The first-order valence-corrected chi connectivity index (χ1v) is 6.54. The van der Waals surface area contributed by atoms with E-state index >= 15 is 0 Å². The molecule has 0 unspecified atom stereocenters. The summed E-state index contributed by atoms with van der Waals surface area (Å²) < 4.78 is 19.8. The highest BCUT2D eigenvalue weighted by Gasteiger charge is 2.21. The predicted octanol–water partition coefficient (Wildman–Crippen LogP) is 1.70. The van der Waals surface area contributed by atoms with Crippen LogP contribution in [0, 0.1) is 5.82 Å². The maximum absolute atomic E-state index is 13.9. The Labute approximate surface area is 128 Å². The second-order valence-electron chi connectivity index (χ2n) is 4.38. The number of hydrogen-bond donors (Lipinski definition) is 0. The second kappa shape index (κ2) is 5.61. The number of halogens is 2. The number of rotatable bonds is 2. The average Bonchev–Trinajstić information content (AvgIpc) is 2.82. The first kappa shape index (κ1) is 14.3. The third-order valence-electron chi connectivity index (χ3n) is 2.89. The van der Waals surface area contributed by atoms with E-state index in [2.05, 4.69) is 4.98 Å². The summed E-state index contributed by atoms with van der Waals surface area (Å²) in [5.74, 6) is -2.11. The number of carbonyl (C=O) groups excluding carboxylic acids is 2. The van der Waals surface area contributed by atoms with Crippen LogP contribution in [0.2, 0.25) is 5.02 Å². The van der Waals surface area contributed by atoms with Crippen LogP contribution in [0.5, 0.6) is 6.01 Å². The van der Waals surface area contributed by atoms with Crippen molar-refractivity contribution < 1.29 is 23.6 Å². The predicted molar refractivity (Wildman–Crippen MR) is 72.8 cm³/mol. The Morgan fingerprint density at radius 2 is 2.00 bits per heavy atom. The third kappa shape index (κ3) is 2.71. The first-order chi connectivity index (χ1) is 10.5. The van der Waals surface area contributed by atoms with E-state index in [1.165, 1.54) is 18.3 Å². The van der Waals surface area contributed by atoms with Crippen molar-refractivity contribution in [2.75, 3.05) is 0 Å². The average molecular weight is 323 g/mol. The van der Waals surface area contributed by atoms with E-state index in [1.54, 1.807) is 6.07 Å². The van der Waals surface area contributed by atoms with Crippen LogP contribution in [0.1, 0.15) is 11.3 Å². The minimum Gasteiger partial charge on any atom is -0.387 e. The van der Waals surface area contributed by atoms with Gasteiger partial charge in [0.15, 0.2) is 0 Å². The van der Waals surface area contributed by atoms with Crippen LogP contribution in [-0.4, -0.2) is 21.7 Å². The summed E-state index contributed by atoms with van der Waals surface area (Å²) in [6.07, 6.45) is 3.22. The maximum atomic E-state index is 13.9. The lowest BCUT2D eigenvalue weighted by Crippen LogP contribution is -2.24. The van der Waals surface area contributed by atoms with Crippen molar-refractivity contribution in [3.8, 4) is 6.01 Å². The Morgan fingerprint density at radius 1 is 1.23 bits per heavy atom. The molecule has 0 radical (unpaired) electrons. The summed E-state index contributed by atoms with van der Waals surface area (Å²) in [5, 5.41) is -0.0174. The van der Waals surface area contributed by atoms with Crippen molar-refractivity contribution >= 4 is 23.5 Å². The van der Waals surface area contributed by atoms with Gasteiger partial charge in [0.1, 0.15) is 5.82 Å². The normalized spacial score (nSPS) is 15.4. The van der Waals surface area contributed by atoms with Gasteiger partial charge in [-0.25, -0.2) is 19.0 Å². The van der Waals surface area contributed by atoms with Gasteiger partial charge >= 0.3 is 17.9 Å². The van der Waals surface area contributed by atoms with Gasteiger partial charge in [0, 0.05) is 18.6 Å². The number of esters is 1. The summed E-state index contributed by atoms with van der Waals surface area (Å²) in [7, 11) is 0. The number of ether oxygens (including phenoxy) is 1. The molecule has 3 rings (SSSR count). The first-order valence-electron chi connectivity index (χ1n) is 6.16. The minimum atomic E-state index is -0.774. The van der Waals surface area contributed by atoms with Crippen molar-refractivity contribution in [1.29, 1.82) is 0 Å². The Kier molecular flexibility index (Phi) is 3.64. The minimum absolute atomic E-state index is 0.0174. The number of benzene rings is 1. The summed E-state index contributed by atoms with van der Waals surface area (Å²) in [4.78, 5) is 31.7. The third-order valence-corrected chi connectivity index (χ3v) is 3.18. The zero-order valence-corrected chi connectivity index (χ0v) is 11.7. The van der Waals surface area contributed by atoms with Crippen LogP contribution in [0.15, 0.2) is 36.5 Å². The molecule has 0 bridgehead atoms. The molecule has 2 heterocycles. The highest BCUT2D eigenvalue weighted by atomic mass is 35.5. The molecular formula is C14H8ClFN2O4. The van der Waals surface area contributed by atoms with Gasteiger partial charge in [0.2, 0.25) is 0 Å². The lowest BCUT2D eigenvalue weighted by atomic mass is 10.1. The summed E-state index contributed by atoms with van der Waals surface area (Å²) >= 11 is 5.73. The molecule has 0 atom stereocenters. The molecule has 0 saturated carbocycles. The van der Waals surface area contributed by atoms with E-state index in [1.807, 2.05) is 0 Å². The topological polar surface area (TPSA) is 70.4 Å². The van der Waals surface area contributed by atoms with Crippen LogP contribution in [-0.2, 0) is 16.0 Å². The Balaban J connectivity index is 1.97. The van der Waals surface area contributed by atoms with E-state index in [4.69, 9.17) is 21.2 Å². The van der Waals surface area contributed by atoms with Gasteiger partial charge in [0.25, 0.3) is 0 Å². The van der Waals surface area contributed by atoms with Crippen molar-refractivity contribution in [3.05, 3.63) is 58.6 Å². The number of carbonyl (C=O) groups is 2. The molecule has 8 heteroatoms. The van der Waals surface area contributed by atoms with Gasteiger partial charge in [0.05, 0.1) is 16.9 Å². The molecule has 0 saturated heterocycles. The molecule has 112 valence electrons. The Bertz CT molecular complexity index is 800. The standard InChI is InChI=1S/C14H8ClFN2O4/c15-10-3-1-2-8(13(10)16)6-9-7-17-14-18(9)22-12(20)5-4-11(19)21-14/h1-5,7H,6H2/b5-4+. The monoisotopic (exact) mass is 322 g/mol. The van der Waals surface area contributed by atoms with Crippen LogP contribution in [0.4, 0.5) is 4.39 Å². The largest absolute Gasteiger partial charge is 0.387 e. The molecule has 1 aliphatic rings. The molecule has 1 aromatic carbocycles. The van der Waals surface area contributed by atoms with Gasteiger partial charge in [-0.1, -0.05) is 23.7 Å². The lowest BCUT2D eigenvalue weighted by molar-refractivity contribution is -0.143. The molecule has 1 aliphatic heterocycles. The van der Waals surface area contributed by atoms with Gasteiger partial charge in [-0.2, -0.15) is 0 Å². The molecule has 6 nitrogen and oxygen atoms in total.